The Balaban J connectivity index is 1.85. The summed E-state index contributed by atoms with van der Waals surface area (Å²) < 4.78 is 11.7. The third-order valence-electron chi connectivity index (χ3n) is 3.98. The molecule has 0 atom stereocenters. The van der Waals surface area contributed by atoms with Crippen molar-refractivity contribution >= 4 is 0 Å². The summed E-state index contributed by atoms with van der Waals surface area (Å²) in [6, 6.07) is 6.14. The molecule has 1 saturated carbocycles. The topological polar surface area (TPSA) is 30.5 Å². The third-order valence-corrected chi connectivity index (χ3v) is 3.98. The number of aryl methyl sites for hydroxylation is 1. The standard InChI is InChI=1S/C17H27NO2/c1-14-8-9-16(12-17(14)19-11-10-18-2)20-13-15-6-4-3-5-7-15/h8-9,12,15,18H,3-7,10-11,13H2,1-2H3. The summed E-state index contributed by atoms with van der Waals surface area (Å²) in [6.07, 6.45) is 6.75. The second kappa shape index (κ2) is 8.15. The van der Waals surface area contributed by atoms with Gasteiger partial charge in [-0.3, -0.25) is 0 Å². The number of nitrogens with one attached hydrogen (secondary N) is 1. The smallest absolute Gasteiger partial charge is 0.125 e. The van der Waals surface area contributed by atoms with E-state index in [1.54, 1.807) is 0 Å². The lowest BCUT2D eigenvalue weighted by atomic mass is 9.90. The zero-order chi connectivity index (χ0) is 14.2. The van der Waals surface area contributed by atoms with Crippen LogP contribution in [0, 0.1) is 12.8 Å². The minimum absolute atomic E-state index is 0.684. The van der Waals surface area contributed by atoms with Gasteiger partial charge in [0.25, 0.3) is 0 Å². The van der Waals surface area contributed by atoms with Crippen LogP contribution in [0.15, 0.2) is 18.2 Å². The van der Waals surface area contributed by atoms with Crippen LogP contribution in [0.5, 0.6) is 11.5 Å². The summed E-state index contributed by atoms with van der Waals surface area (Å²) in [5.74, 6) is 2.60. The molecule has 1 aliphatic rings. The maximum Gasteiger partial charge on any atom is 0.125 e. The van der Waals surface area contributed by atoms with E-state index in [0.717, 1.165) is 36.1 Å². The monoisotopic (exact) mass is 277 g/mol. The minimum atomic E-state index is 0.684. The molecule has 0 saturated heterocycles. The summed E-state index contributed by atoms with van der Waals surface area (Å²) in [5, 5.41) is 3.08. The lowest BCUT2D eigenvalue weighted by Gasteiger charge is -2.22. The van der Waals surface area contributed by atoms with Gasteiger partial charge >= 0.3 is 0 Å². The maximum atomic E-state index is 5.95. The fourth-order valence-electron chi connectivity index (χ4n) is 2.66. The van der Waals surface area contributed by atoms with Crippen LogP contribution in [-0.4, -0.2) is 26.8 Å². The van der Waals surface area contributed by atoms with Crippen LogP contribution >= 0.6 is 0 Å². The number of ether oxygens (including phenoxy) is 2. The van der Waals surface area contributed by atoms with Crippen LogP contribution in [0.2, 0.25) is 0 Å². The first-order valence-corrected chi connectivity index (χ1v) is 7.80. The number of benzene rings is 1. The van der Waals surface area contributed by atoms with Crippen molar-refractivity contribution in [2.75, 3.05) is 26.8 Å². The van der Waals surface area contributed by atoms with E-state index < -0.39 is 0 Å². The fraction of sp³-hybridized carbons (Fsp3) is 0.647. The Hall–Kier alpha value is -1.22. The average molecular weight is 277 g/mol. The minimum Gasteiger partial charge on any atom is -0.493 e. The Morgan fingerprint density at radius 3 is 2.70 bits per heavy atom. The van der Waals surface area contributed by atoms with Gasteiger partial charge in [0.1, 0.15) is 18.1 Å². The maximum absolute atomic E-state index is 5.95. The van der Waals surface area contributed by atoms with E-state index in [9.17, 15) is 0 Å². The van der Waals surface area contributed by atoms with Crippen molar-refractivity contribution in [2.45, 2.75) is 39.0 Å². The van der Waals surface area contributed by atoms with Gasteiger partial charge in [-0.05, 0) is 44.4 Å². The van der Waals surface area contributed by atoms with Gasteiger partial charge < -0.3 is 14.8 Å². The summed E-state index contributed by atoms with van der Waals surface area (Å²) >= 11 is 0. The molecule has 0 heterocycles. The predicted molar refractivity (Wildman–Crippen MR) is 82.7 cm³/mol. The summed E-state index contributed by atoms with van der Waals surface area (Å²) in [7, 11) is 1.93. The zero-order valence-corrected chi connectivity index (χ0v) is 12.8. The first-order chi connectivity index (χ1) is 9.79. The first-order valence-electron chi connectivity index (χ1n) is 7.80. The number of hydrogen-bond acceptors (Lipinski definition) is 3. The van der Waals surface area contributed by atoms with Gasteiger partial charge in [0.2, 0.25) is 0 Å². The Labute approximate surface area is 122 Å². The van der Waals surface area contributed by atoms with Gasteiger partial charge in [-0.2, -0.15) is 0 Å². The largest absolute Gasteiger partial charge is 0.493 e. The molecule has 1 fully saturated rings. The Bertz CT molecular complexity index is 400. The molecule has 1 aromatic carbocycles. The lowest BCUT2D eigenvalue weighted by molar-refractivity contribution is 0.208. The summed E-state index contributed by atoms with van der Waals surface area (Å²) in [5.41, 5.74) is 1.16. The Kier molecular flexibility index (Phi) is 6.19. The van der Waals surface area contributed by atoms with Crippen LogP contribution < -0.4 is 14.8 Å². The summed E-state index contributed by atoms with van der Waals surface area (Å²) in [4.78, 5) is 0. The molecule has 0 bridgehead atoms. The first kappa shape index (κ1) is 15.2. The van der Waals surface area contributed by atoms with E-state index in [0.29, 0.717) is 6.61 Å². The molecule has 0 radical (unpaired) electrons. The highest BCUT2D eigenvalue weighted by atomic mass is 16.5. The summed E-state index contributed by atoms with van der Waals surface area (Å²) in [6.45, 7) is 4.45. The molecular formula is C17H27NO2. The van der Waals surface area contributed by atoms with Crippen molar-refractivity contribution in [2.24, 2.45) is 5.92 Å². The van der Waals surface area contributed by atoms with Crippen LogP contribution in [0.3, 0.4) is 0 Å². The molecule has 1 aromatic rings. The van der Waals surface area contributed by atoms with Crippen molar-refractivity contribution < 1.29 is 9.47 Å². The SMILES string of the molecule is CNCCOc1cc(OCC2CCCCC2)ccc1C. The third kappa shape index (κ3) is 4.71. The molecule has 1 aliphatic carbocycles. The van der Waals surface area contributed by atoms with E-state index in [4.69, 9.17) is 9.47 Å². The molecule has 112 valence electrons. The molecule has 0 amide bonds. The zero-order valence-electron chi connectivity index (χ0n) is 12.8. The molecular weight excluding hydrogens is 250 g/mol. The van der Waals surface area contributed by atoms with Crippen LogP contribution in [0.1, 0.15) is 37.7 Å². The molecule has 0 aromatic heterocycles. The van der Waals surface area contributed by atoms with Crippen molar-refractivity contribution in [1.82, 2.24) is 5.32 Å². The van der Waals surface area contributed by atoms with E-state index in [1.807, 2.05) is 19.2 Å². The van der Waals surface area contributed by atoms with Crippen LogP contribution in [0.4, 0.5) is 0 Å². The molecule has 3 heteroatoms. The number of rotatable bonds is 7. The molecule has 0 spiro atoms. The molecule has 20 heavy (non-hydrogen) atoms. The average Bonchev–Trinajstić information content (AvgIpc) is 2.49. The Morgan fingerprint density at radius 2 is 1.95 bits per heavy atom. The van der Waals surface area contributed by atoms with Crippen LogP contribution in [-0.2, 0) is 0 Å². The molecule has 3 nitrogen and oxygen atoms in total. The molecule has 0 unspecified atom stereocenters. The van der Waals surface area contributed by atoms with Crippen molar-refractivity contribution in [1.29, 1.82) is 0 Å². The number of likely N-dealkylation sites (N-methyl/N-ethyl adjacent to an activating group) is 1. The Morgan fingerprint density at radius 1 is 1.15 bits per heavy atom. The molecule has 2 rings (SSSR count). The fourth-order valence-corrected chi connectivity index (χ4v) is 2.66. The van der Waals surface area contributed by atoms with Gasteiger partial charge in [-0.15, -0.1) is 0 Å². The highest BCUT2D eigenvalue weighted by Gasteiger charge is 2.14. The molecule has 0 aliphatic heterocycles. The lowest BCUT2D eigenvalue weighted by Crippen LogP contribution is -2.16. The van der Waals surface area contributed by atoms with Crippen molar-refractivity contribution in [3.63, 3.8) is 0 Å². The van der Waals surface area contributed by atoms with Gasteiger partial charge in [-0.25, -0.2) is 0 Å². The second-order valence-corrected chi connectivity index (χ2v) is 5.69. The van der Waals surface area contributed by atoms with Gasteiger partial charge in [0.15, 0.2) is 0 Å². The van der Waals surface area contributed by atoms with Gasteiger partial charge in [-0.1, -0.05) is 25.3 Å². The number of hydrogen-bond donors (Lipinski definition) is 1. The molecule has 1 N–H and O–H groups in total. The normalized spacial score (nSPS) is 16.1. The van der Waals surface area contributed by atoms with Gasteiger partial charge in [0, 0.05) is 12.6 Å². The van der Waals surface area contributed by atoms with E-state index in [-0.39, 0.29) is 0 Å². The van der Waals surface area contributed by atoms with Gasteiger partial charge in [0.05, 0.1) is 6.61 Å². The highest BCUT2D eigenvalue weighted by molar-refractivity contribution is 5.39. The second-order valence-electron chi connectivity index (χ2n) is 5.69. The van der Waals surface area contributed by atoms with Crippen molar-refractivity contribution in [3.05, 3.63) is 23.8 Å². The quantitative estimate of drug-likeness (QED) is 0.773. The highest BCUT2D eigenvalue weighted by Crippen LogP contribution is 2.27. The predicted octanol–water partition coefficient (Wildman–Crippen LogP) is 3.55. The van der Waals surface area contributed by atoms with E-state index >= 15 is 0 Å². The van der Waals surface area contributed by atoms with E-state index in [2.05, 4.69) is 18.3 Å². The van der Waals surface area contributed by atoms with E-state index in [1.165, 1.54) is 32.1 Å². The van der Waals surface area contributed by atoms with Crippen molar-refractivity contribution in [3.8, 4) is 11.5 Å². The van der Waals surface area contributed by atoms with Crippen LogP contribution in [0.25, 0.3) is 0 Å².